The fraction of sp³-hybridized carbons (Fsp3) is 0.269. The molecule has 0 fully saturated rings. The molecule has 0 radical (unpaired) electrons. The van der Waals surface area contributed by atoms with E-state index in [1.54, 1.807) is 24.3 Å². The van der Waals surface area contributed by atoms with Gasteiger partial charge in [-0.05, 0) is 59.7 Å². The molecular weight excluding hydrogens is 426 g/mol. The van der Waals surface area contributed by atoms with E-state index >= 15 is 0 Å². The minimum absolute atomic E-state index is 0.151. The lowest BCUT2D eigenvalue weighted by atomic mass is 9.86. The number of aliphatic hydroxyl groups is 1. The van der Waals surface area contributed by atoms with Gasteiger partial charge in [-0.25, -0.2) is 4.79 Å². The smallest absolute Gasteiger partial charge is 0.339 e. The second-order valence-electron chi connectivity index (χ2n) is 8.09. The molecule has 5 nitrogen and oxygen atoms in total. The number of rotatable bonds is 7. The number of methoxy groups -OCH3 is 1. The first-order valence-electron chi connectivity index (χ1n) is 10.7. The zero-order chi connectivity index (χ0) is 22.7. The van der Waals surface area contributed by atoms with Gasteiger partial charge in [-0.2, -0.15) is 0 Å². The summed E-state index contributed by atoms with van der Waals surface area (Å²) >= 11 is 5.93. The van der Waals surface area contributed by atoms with Crippen LogP contribution in [-0.2, 0) is 12.8 Å². The average molecular weight is 452 g/mol. The molecule has 0 saturated heterocycles. The number of carbonyl (C=O) groups is 1. The van der Waals surface area contributed by atoms with Crippen LogP contribution in [0.4, 0.5) is 0 Å². The average Bonchev–Trinajstić information content (AvgIpc) is 2.81. The van der Waals surface area contributed by atoms with Crippen LogP contribution in [0.1, 0.15) is 39.6 Å². The number of benzene rings is 3. The summed E-state index contributed by atoms with van der Waals surface area (Å²) in [6.45, 7) is 0.468. The lowest BCUT2D eigenvalue weighted by Crippen LogP contribution is -2.37. The normalized spacial score (nSPS) is 16.3. The number of carboxylic acid groups (broad SMARTS) is 1. The van der Waals surface area contributed by atoms with Gasteiger partial charge in [0.2, 0.25) is 0 Å². The number of aliphatic hydroxyl groups excluding tert-OH is 1. The van der Waals surface area contributed by atoms with Crippen LogP contribution in [0.25, 0.3) is 11.1 Å². The Labute approximate surface area is 192 Å². The number of carboxylic acids is 1. The molecule has 0 spiro atoms. The van der Waals surface area contributed by atoms with Gasteiger partial charge in [-0.1, -0.05) is 54.1 Å². The molecular formula is C26H26ClNO4. The van der Waals surface area contributed by atoms with Crippen molar-refractivity contribution in [3.8, 4) is 16.9 Å². The Morgan fingerprint density at radius 2 is 1.94 bits per heavy atom. The molecule has 4 rings (SSSR count). The van der Waals surface area contributed by atoms with Crippen molar-refractivity contribution in [1.29, 1.82) is 0 Å². The van der Waals surface area contributed by atoms with E-state index in [1.165, 1.54) is 18.2 Å². The maximum Gasteiger partial charge on any atom is 0.339 e. The van der Waals surface area contributed by atoms with Crippen molar-refractivity contribution in [2.75, 3.05) is 13.7 Å². The van der Waals surface area contributed by atoms with Crippen molar-refractivity contribution >= 4 is 17.6 Å². The van der Waals surface area contributed by atoms with E-state index in [0.717, 1.165) is 36.0 Å². The molecule has 2 atom stereocenters. The van der Waals surface area contributed by atoms with Crippen LogP contribution in [-0.4, -0.2) is 35.9 Å². The molecule has 0 aliphatic heterocycles. The highest BCUT2D eigenvalue weighted by atomic mass is 35.5. The third-order valence-electron chi connectivity index (χ3n) is 6.05. The summed E-state index contributed by atoms with van der Waals surface area (Å²) in [6, 6.07) is 19.0. The van der Waals surface area contributed by atoms with E-state index in [2.05, 4.69) is 17.4 Å². The Balaban J connectivity index is 1.49. The Bertz CT molecular complexity index is 1110. The summed E-state index contributed by atoms with van der Waals surface area (Å²) in [5, 5.41) is 24.1. The van der Waals surface area contributed by atoms with E-state index in [0.29, 0.717) is 17.3 Å². The Hall–Kier alpha value is -2.86. The van der Waals surface area contributed by atoms with Crippen molar-refractivity contribution in [2.45, 2.75) is 31.4 Å². The number of fused-ring (bicyclic) bond motifs is 1. The number of hydrogen-bond acceptors (Lipinski definition) is 4. The van der Waals surface area contributed by atoms with Crippen LogP contribution in [0.5, 0.6) is 5.75 Å². The Morgan fingerprint density at radius 1 is 1.16 bits per heavy atom. The zero-order valence-electron chi connectivity index (χ0n) is 17.8. The molecule has 0 saturated carbocycles. The largest absolute Gasteiger partial charge is 0.495 e. The van der Waals surface area contributed by atoms with Gasteiger partial charge in [-0.3, -0.25) is 0 Å². The van der Waals surface area contributed by atoms with E-state index < -0.39 is 12.1 Å². The predicted molar refractivity (Wildman–Crippen MR) is 126 cm³/mol. The topological polar surface area (TPSA) is 78.8 Å². The maximum absolute atomic E-state index is 11.6. The molecule has 166 valence electrons. The fourth-order valence-corrected chi connectivity index (χ4v) is 4.46. The van der Waals surface area contributed by atoms with Crippen molar-refractivity contribution < 1.29 is 19.7 Å². The van der Waals surface area contributed by atoms with Crippen LogP contribution >= 0.6 is 11.6 Å². The SMILES string of the molecule is COc1c(C(=O)O)cccc1-c1ccc2c(c1)C[C@@H](NC[C@H](O)c1ccc(Cl)cc1)CC2. The summed E-state index contributed by atoms with van der Waals surface area (Å²) in [4.78, 5) is 11.6. The quantitative estimate of drug-likeness (QED) is 0.476. The molecule has 3 aromatic carbocycles. The zero-order valence-corrected chi connectivity index (χ0v) is 18.6. The minimum Gasteiger partial charge on any atom is -0.495 e. The van der Waals surface area contributed by atoms with Crippen LogP contribution < -0.4 is 10.1 Å². The van der Waals surface area contributed by atoms with E-state index in [4.69, 9.17) is 16.3 Å². The summed E-state index contributed by atoms with van der Waals surface area (Å²) < 4.78 is 5.44. The van der Waals surface area contributed by atoms with Gasteiger partial charge in [0.1, 0.15) is 11.3 Å². The highest BCUT2D eigenvalue weighted by Crippen LogP contribution is 2.35. The number of hydrogen-bond donors (Lipinski definition) is 3. The molecule has 0 bridgehead atoms. The van der Waals surface area contributed by atoms with Gasteiger partial charge < -0.3 is 20.3 Å². The highest BCUT2D eigenvalue weighted by Gasteiger charge is 2.22. The number of aryl methyl sites for hydroxylation is 1. The highest BCUT2D eigenvalue weighted by molar-refractivity contribution is 6.30. The molecule has 1 aliphatic rings. The van der Waals surface area contributed by atoms with Crippen molar-refractivity contribution in [3.63, 3.8) is 0 Å². The number of para-hydroxylation sites is 1. The van der Waals surface area contributed by atoms with Crippen LogP contribution in [0, 0.1) is 0 Å². The van der Waals surface area contributed by atoms with Crippen molar-refractivity contribution in [3.05, 3.63) is 87.9 Å². The van der Waals surface area contributed by atoms with Crippen LogP contribution in [0.15, 0.2) is 60.7 Å². The van der Waals surface area contributed by atoms with E-state index in [1.807, 2.05) is 24.3 Å². The number of ether oxygens (including phenoxy) is 1. The molecule has 6 heteroatoms. The van der Waals surface area contributed by atoms with Crippen molar-refractivity contribution in [1.82, 2.24) is 5.32 Å². The molecule has 3 N–H and O–H groups in total. The lowest BCUT2D eigenvalue weighted by molar-refractivity contribution is 0.0693. The lowest BCUT2D eigenvalue weighted by Gasteiger charge is -2.27. The minimum atomic E-state index is -1.01. The van der Waals surface area contributed by atoms with E-state index in [9.17, 15) is 15.0 Å². The summed E-state index contributed by atoms with van der Waals surface area (Å²) in [5.74, 6) is -0.637. The first-order chi connectivity index (χ1) is 15.5. The second-order valence-corrected chi connectivity index (χ2v) is 8.53. The predicted octanol–water partition coefficient (Wildman–Crippen LogP) is 4.89. The number of aromatic carboxylic acids is 1. The Kier molecular flexibility index (Phi) is 6.80. The van der Waals surface area contributed by atoms with Gasteiger partial charge in [0, 0.05) is 23.2 Å². The van der Waals surface area contributed by atoms with Gasteiger partial charge in [0.05, 0.1) is 13.2 Å². The summed E-state index contributed by atoms with van der Waals surface area (Å²) in [6.07, 6.45) is 2.20. The van der Waals surface area contributed by atoms with Crippen molar-refractivity contribution in [2.24, 2.45) is 0 Å². The first-order valence-corrected chi connectivity index (χ1v) is 11.0. The third-order valence-corrected chi connectivity index (χ3v) is 6.30. The van der Waals surface area contributed by atoms with E-state index in [-0.39, 0.29) is 11.6 Å². The van der Waals surface area contributed by atoms with Gasteiger partial charge in [0.25, 0.3) is 0 Å². The molecule has 0 amide bonds. The maximum atomic E-state index is 11.6. The van der Waals surface area contributed by atoms with Gasteiger partial charge >= 0.3 is 5.97 Å². The number of nitrogens with one attached hydrogen (secondary N) is 1. The van der Waals surface area contributed by atoms with Crippen LogP contribution in [0.3, 0.4) is 0 Å². The Morgan fingerprint density at radius 3 is 2.66 bits per heavy atom. The first kappa shape index (κ1) is 22.3. The van der Waals surface area contributed by atoms with Crippen LogP contribution in [0.2, 0.25) is 5.02 Å². The van der Waals surface area contributed by atoms with Gasteiger partial charge in [0.15, 0.2) is 0 Å². The standard InChI is InChI=1S/C26H26ClNO4/c1-32-25-22(3-2-4-23(25)26(30)31)18-6-5-16-9-12-21(14-19(16)13-18)28-15-24(29)17-7-10-20(27)11-8-17/h2-8,10-11,13,21,24,28-29H,9,12,14-15H2,1H3,(H,30,31)/t21-,24-/m0/s1. The molecule has 0 heterocycles. The third kappa shape index (κ3) is 4.80. The second kappa shape index (κ2) is 9.74. The molecule has 0 unspecified atom stereocenters. The molecule has 1 aliphatic carbocycles. The monoisotopic (exact) mass is 451 g/mol. The fourth-order valence-electron chi connectivity index (χ4n) is 4.33. The summed E-state index contributed by atoms with van der Waals surface area (Å²) in [5.41, 5.74) is 5.23. The summed E-state index contributed by atoms with van der Waals surface area (Å²) in [7, 11) is 1.50. The molecule has 3 aromatic rings. The number of halogens is 1. The molecule has 32 heavy (non-hydrogen) atoms. The van der Waals surface area contributed by atoms with Gasteiger partial charge in [-0.15, -0.1) is 0 Å². The molecule has 0 aromatic heterocycles.